The first-order valence-corrected chi connectivity index (χ1v) is 12.9. The van der Waals surface area contributed by atoms with E-state index in [0.29, 0.717) is 66.0 Å². The first-order valence-electron chi connectivity index (χ1n) is 12.9. The molecular weight excluding hydrogens is 514 g/mol. The molecule has 1 N–H and O–H groups in total. The number of likely N-dealkylation sites (N-methyl/N-ethyl adjacent to an activating group) is 1. The van der Waals surface area contributed by atoms with Crippen LogP contribution in [0, 0.1) is 0 Å². The van der Waals surface area contributed by atoms with Gasteiger partial charge in [0.1, 0.15) is 29.9 Å². The molecule has 2 aliphatic heterocycles. The third-order valence-corrected chi connectivity index (χ3v) is 6.98. The van der Waals surface area contributed by atoms with Crippen LogP contribution in [0.25, 0.3) is 33.5 Å². The van der Waals surface area contributed by atoms with Crippen molar-refractivity contribution in [2.75, 3.05) is 57.7 Å². The van der Waals surface area contributed by atoms with Crippen LogP contribution in [0.4, 0.5) is 16.3 Å². The third-order valence-electron chi connectivity index (χ3n) is 6.98. The third kappa shape index (κ3) is 3.93. The van der Waals surface area contributed by atoms with Gasteiger partial charge in [0.15, 0.2) is 11.5 Å². The van der Waals surface area contributed by atoms with Crippen molar-refractivity contribution in [3.63, 3.8) is 0 Å². The number of hydrogen-bond acceptors (Lipinski definition) is 10. The van der Waals surface area contributed by atoms with Gasteiger partial charge >= 0.3 is 6.09 Å². The van der Waals surface area contributed by atoms with Gasteiger partial charge in [0, 0.05) is 43.8 Å². The fraction of sp³-hybridized carbons (Fsp3) is 0.296. The van der Waals surface area contributed by atoms with Crippen molar-refractivity contribution in [1.29, 1.82) is 0 Å². The molecule has 1 saturated heterocycles. The predicted octanol–water partition coefficient (Wildman–Crippen LogP) is 2.83. The monoisotopic (exact) mass is 541 g/mol. The minimum absolute atomic E-state index is 0.280. The second-order valence-corrected chi connectivity index (χ2v) is 9.94. The summed E-state index contributed by atoms with van der Waals surface area (Å²) < 4.78 is 20.8. The lowest BCUT2D eigenvalue weighted by atomic mass is 10.1. The van der Waals surface area contributed by atoms with Crippen LogP contribution in [-0.4, -0.2) is 93.9 Å². The van der Waals surface area contributed by atoms with Crippen LogP contribution >= 0.6 is 0 Å². The number of rotatable bonds is 6. The minimum atomic E-state index is -0.445. The van der Waals surface area contributed by atoms with Gasteiger partial charge in [0.25, 0.3) is 0 Å². The number of nitrogens with zero attached hydrogens (tertiary/aromatic N) is 8. The molecule has 13 nitrogen and oxygen atoms in total. The normalized spacial score (nSPS) is 16.8. The number of cyclic esters (lactones) is 1. The first kappa shape index (κ1) is 24.2. The molecule has 1 amide bonds. The van der Waals surface area contributed by atoms with Gasteiger partial charge in [-0.25, -0.2) is 19.0 Å². The van der Waals surface area contributed by atoms with Gasteiger partial charge < -0.3 is 24.4 Å². The number of carbonyl (C=O) groups is 1. The van der Waals surface area contributed by atoms with Crippen LogP contribution in [0.3, 0.4) is 0 Å². The molecule has 4 aromatic heterocycles. The Kier molecular flexibility index (Phi) is 5.66. The van der Waals surface area contributed by atoms with E-state index in [4.69, 9.17) is 24.3 Å². The molecule has 1 fully saturated rings. The second kappa shape index (κ2) is 9.38. The van der Waals surface area contributed by atoms with Crippen LogP contribution < -0.4 is 19.7 Å². The Morgan fingerprint density at radius 3 is 2.95 bits per heavy atom. The highest BCUT2D eigenvalue weighted by Crippen LogP contribution is 2.40. The van der Waals surface area contributed by atoms with E-state index in [-0.39, 0.29) is 6.10 Å². The Bertz CT molecular complexity index is 1760. The van der Waals surface area contributed by atoms with E-state index in [0.717, 1.165) is 16.8 Å². The molecule has 40 heavy (non-hydrogen) atoms. The van der Waals surface area contributed by atoms with E-state index in [1.807, 2.05) is 49.5 Å². The summed E-state index contributed by atoms with van der Waals surface area (Å²) in [6.45, 7) is 2.23. The maximum absolute atomic E-state index is 13.0. The molecule has 1 atom stereocenters. The van der Waals surface area contributed by atoms with Gasteiger partial charge in [-0.2, -0.15) is 5.10 Å². The van der Waals surface area contributed by atoms with E-state index >= 15 is 0 Å². The zero-order valence-corrected chi connectivity index (χ0v) is 22.2. The van der Waals surface area contributed by atoms with Gasteiger partial charge in [-0.1, -0.05) is 0 Å². The zero-order chi connectivity index (χ0) is 27.4. The number of carbonyl (C=O) groups excluding carboxylic acids is 1. The lowest BCUT2D eigenvalue weighted by molar-refractivity contribution is 0.123. The maximum atomic E-state index is 13.0. The molecule has 7 rings (SSSR count). The Morgan fingerprint density at radius 1 is 1.20 bits per heavy atom. The smallest absolute Gasteiger partial charge is 0.416 e. The molecule has 204 valence electrons. The first-order chi connectivity index (χ1) is 19.5. The van der Waals surface area contributed by atoms with Gasteiger partial charge in [0.05, 0.1) is 47.7 Å². The number of methoxy groups -OCH3 is 1. The Labute approximate surface area is 228 Å². The highest BCUT2D eigenvalue weighted by molar-refractivity contribution is 6.01. The Morgan fingerprint density at radius 2 is 2.10 bits per heavy atom. The zero-order valence-electron chi connectivity index (χ0n) is 22.2. The Hall–Kier alpha value is -4.91. The number of ether oxygens (including phenoxy) is 3. The molecule has 0 bridgehead atoms. The summed E-state index contributed by atoms with van der Waals surface area (Å²) in [5, 5.41) is 13.4. The van der Waals surface area contributed by atoms with Crippen molar-refractivity contribution in [2.24, 2.45) is 0 Å². The summed E-state index contributed by atoms with van der Waals surface area (Å²) in [7, 11) is 5.50. The topological polar surface area (TPSA) is 124 Å². The number of benzene rings is 1. The van der Waals surface area contributed by atoms with Crippen LogP contribution in [0.2, 0.25) is 0 Å². The summed E-state index contributed by atoms with van der Waals surface area (Å²) in [6, 6.07) is 7.53. The van der Waals surface area contributed by atoms with Gasteiger partial charge in [-0.05, 0) is 26.2 Å². The van der Waals surface area contributed by atoms with Crippen LogP contribution in [0.5, 0.6) is 11.5 Å². The fourth-order valence-corrected chi connectivity index (χ4v) is 5.21. The summed E-state index contributed by atoms with van der Waals surface area (Å²) in [5.74, 6) is 1.75. The van der Waals surface area contributed by atoms with Crippen LogP contribution in [-0.2, 0) is 4.74 Å². The van der Waals surface area contributed by atoms with Crippen molar-refractivity contribution in [3.8, 4) is 28.4 Å². The molecule has 2 aliphatic rings. The second-order valence-electron chi connectivity index (χ2n) is 9.94. The van der Waals surface area contributed by atoms with Crippen LogP contribution in [0.1, 0.15) is 0 Å². The molecule has 13 heteroatoms. The quantitative estimate of drug-likeness (QED) is 0.343. The number of nitrogens with one attached hydrogen (secondary N) is 1. The van der Waals surface area contributed by atoms with Gasteiger partial charge in [-0.3, -0.25) is 9.88 Å². The molecule has 0 radical (unpaired) electrons. The molecule has 0 aliphatic carbocycles. The minimum Gasteiger partial charge on any atom is -0.494 e. The fourth-order valence-electron chi connectivity index (χ4n) is 5.21. The van der Waals surface area contributed by atoms with Crippen molar-refractivity contribution in [1.82, 2.24) is 34.3 Å². The number of hydrogen-bond donors (Lipinski definition) is 1. The Balaban J connectivity index is 1.42. The molecular formula is C27H27N9O4. The molecule has 1 aromatic carbocycles. The lowest BCUT2D eigenvalue weighted by Gasteiger charge is -2.21. The van der Waals surface area contributed by atoms with E-state index in [1.165, 1.54) is 0 Å². The maximum Gasteiger partial charge on any atom is 0.416 e. The standard InChI is InChI=1S/C27H27N9O4/c1-33(2)14-16-15-34(27(37)40-16)26-18-12-30-19(17-13-31-35-7-4-5-29-25(17)35)9-21(18)36(32-26)22-11-23-20(10-24(22)38-3)28-6-8-39-23/h4-5,7,9-13,16,28H,6,8,14-15H2,1-3H3/t16-/m0/s1. The average molecular weight is 542 g/mol. The largest absolute Gasteiger partial charge is 0.494 e. The van der Waals surface area contributed by atoms with E-state index in [2.05, 4.69) is 15.4 Å². The molecule has 6 heterocycles. The molecule has 0 saturated carbocycles. The van der Waals surface area contributed by atoms with E-state index in [9.17, 15) is 4.79 Å². The number of anilines is 2. The van der Waals surface area contributed by atoms with Crippen molar-refractivity contribution in [2.45, 2.75) is 6.10 Å². The molecule has 0 unspecified atom stereocenters. The number of aromatic nitrogens is 6. The highest BCUT2D eigenvalue weighted by Gasteiger charge is 2.36. The number of fused-ring (bicyclic) bond motifs is 3. The van der Waals surface area contributed by atoms with Crippen molar-refractivity contribution in [3.05, 3.63) is 49.1 Å². The highest BCUT2D eigenvalue weighted by atomic mass is 16.6. The summed E-state index contributed by atoms with van der Waals surface area (Å²) in [6.07, 6.45) is 6.29. The SMILES string of the molecule is COc1cc2c(cc1-n1nc(N3C[C@H](CN(C)C)OC3=O)c3cnc(-c4cnn5cccnc45)cc31)OCCN2. The van der Waals surface area contributed by atoms with Crippen molar-refractivity contribution >= 4 is 34.1 Å². The number of amides is 1. The van der Waals surface area contributed by atoms with Crippen molar-refractivity contribution < 1.29 is 19.0 Å². The lowest BCUT2D eigenvalue weighted by Crippen LogP contribution is -2.30. The molecule has 0 spiro atoms. The number of pyridine rings is 1. The van der Waals surface area contributed by atoms with E-state index < -0.39 is 6.09 Å². The van der Waals surface area contributed by atoms with Crippen LogP contribution in [0.15, 0.2) is 49.1 Å². The average Bonchev–Trinajstić information content (AvgIpc) is 3.66. The predicted molar refractivity (Wildman–Crippen MR) is 148 cm³/mol. The molecule has 5 aromatic rings. The van der Waals surface area contributed by atoms with Gasteiger partial charge in [0.2, 0.25) is 0 Å². The summed E-state index contributed by atoms with van der Waals surface area (Å²) in [4.78, 5) is 25.8. The van der Waals surface area contributed by atoms with E-state index in [1.54, 1.807) is 39.8 Å². The summed E-state index contributed by atoms with van der Waals surface area (Å²) in [5.41, 5.74) is 4.35. The summed E-state index contributed by atoms with van der Waals surface area (Å²) >= 11 is 0. The van der Waals surface area contributed by atoms with Gasteiger partial charge in [-0.15, -0.1) is 5.10 Å².